The lowest BCUT2D eigenvalue weighted by Crippen LogP contribution is -2.32. The maximum absolute atomic E-state index is 12.0. The predicted octanol–water partition coefficient (Wildman–Crippen LogP) is 4.49. The van der Waals surface area contributed by atoms with Crippen LogP contribution in [0, 0.1) is 11.3 Å². The van der Waals surface area contributed by atoms with Crippen molar-refractivity contribution in [2.24, 2.45) is 11.3 Å². The van der Waals surface area contributed by atoms with Crippen LogP contribution in [0.15, 0.2) is 11.6 Å². The van der Waals surface area contributed by atoms with Gasteiger partial charge in [-0.1, -0.05) is 31.9 Å². The number of rotatable bonds is 6. The number of carbonyl (C=O) groups excluding carboxylic acids is 1. The Morgan fingerprint density at radius 2 is 2.22 bits per heavy atom. The zero-order valence-electron chi connectivity index (χ0n) is 12.4. The molecule has 0 fully saturated rings. The third-order valence-corrected chi connectivity index (χ3v) is 3.79. The minimum Gasteiger partial charge on any atom is -0.466 e. The summed E-state index contributed by atoms with van der Waals surface area (Å²) in [4.78, 5) is 12.0. The number of ether oxygens (including phenoxy) is 1. The second-order valence-electron chi connectivity index (χ2n) is 6.15. The fourth-order valence-electron chi connectivity index (χ4n) is 2.66. The molecule has 1 atom stereocenters. The van der Waals surface area contributed by atoms with Gasteiger partial charge in [0, 0.05) is 0 Å². The number of esters is 1. The Kier molecular flexibility index (Phi) is 5.90. The molecule has 0 heterocycles. The average Bonchev–Trinajstić information content (AvgIpc) is 2.29. The van der Waals surface area contributed by atoms with E-state index in [0.29, 0.717) is 6.61 Å². The molecule has 0 aromatic heterocycles. The Balaban J connectivity index is 2.48. The Hall–Kier alpha value is -0.790. The van der Waals surface area contributed by atoms with Crippen molar-refractivity contribution in [3.63, 3.8) is 0 Å². The third kappa shape index (κ3) is 4.47. The summed E-state index contributed by atoms with van der Waals surface area (Å²) in [5.41, 5.74) is 1.18. The van der Waals surface area contributed by atoms with Gasteiger partial charge < -0.3 is 4.74 Å². The Labute approximate surface area is 112 Å². The van der Waals surface area contributed by atoms with Crippen LogP contribution >= 0.6 is 0 Å². The number of carbonyl (C=O) groups is 1. The van der Waals surface area contributed by atoms with Crippen molar-refractivity contribution >= 4 is 5.97 Å². The molecule has 0 saturated carbocycles. The SMILES string of the molecule is CCOC(=O)C1(C)CCC=C(CCCC(C)C)C1. The average molecular weight is 252 g/mol. The summed E-state index contributed by atoms with van der Waals surface area (Å²) < 4.78 is 5.21. The molecule has 0 aliphatic heterocycles. The molecule has 0 bridgehead atoms. The normalized spacial score (nSPS) is 23.9. The van der Waals surface area contributed by atoms with Gasteiger partial charge in [-0.05, 0) is 51.9 Å². The van der Waals surface area contributed by atoms with E-state index < -0.39 is 0 Å². The highest BCUT2D eigenvalue weighted by Gasteiger charge is 2.36. The maximum Gasteiger partial charge on any atom is 0.312 e. The van der Waals surface area contributed by atoms with Crippen molar-refractivity contribution in [2.45, 2.75) is 66.2 Å². The minimum atomic E-state index is -0.280. The molecule has 0 amide bonds. The van der Waals surface area contributed by atoms with E-state index >= 15 is 0 Å². The fourth-order valence-corrected chi connectivity index (χ4v) is 2.66. The van der Waals surface area contributed by atoms with Crippen LogP contribution in [-0.2, 0) is 9.53 Å². The third-order valence-electron chi connectivity index (χ3n) is 3.79. The summed E-state index contributed by atoms with van der Waals surface area (Å²) in [6, 6.07) is 0. The summed E-state index contributed by atoms with van der Waals surface area (Å²) in [6.07, 6.45) is 8.83. The first-order valence-corrected chi connectivity index (χ1v) is 7.33. The molecule has 1 unspecified atom stereocenters. The van der Waals surface area contributed by atoms with Crippen LogP contribution in [-0.4, -0.2) is 12.6 Å². The van der Waals surface area contributed by atoms with Crippen molar-refractivity contribution in [3.05, 3.63) is 11.6 Å². The van der Waals surface area contributed by atoms with E-state index in [1.807, 2.05) is 6.92 Å². The Bertz CT molecular complexity index is 304. The van der Waals surface area contributed by atoms with Crippen LogP contribution in [0.1, 0.15) is 66.2 Å². The van der Waals surface area contributed by atoms with E-state index in [1.54, 1.807) is 0 Å². The highest BCUT2D eigenvalue weighted by atomic mass is 16.5. The zero-order valence-corrected chi connectivity index (χ0v) is 12.4. The fraction of sp³-hybridized carbons (Fsp3) is 0.812. The van der Waals surface area contributed by atoms with Crippen LogP contribution in [0.3, 0.4) is 0 Å². The van der Waals surface area contributed by atoms with Gasteiger partial charge in [0.1, 0.15) is 0 Å². The molecule has 0 aromatic carbocycles. The summed E-state index contributed by atoms with van der Waals surface area (Å²) in [6.45, 7) is 8.95. The number of hydrogen-bond donors (Lipinski definition) is 0. The molecule has 104 valence electrons. The first-order valence-electron chi connectivity index (χ1n) is 7.33. The quantitative estimate of drug-likeness (QED) is 0.514. The summed E-state index contributed by atoms with van der Waals surface area (Å²) in [7, 11) is 0. The summed E-state index contributed by atoms with van der Waals surface area (Å²) in [5, 5.41) is 0. The van der Waals surface area contributed by atoms with Crippen molar-refractivity contribution in [1.29, 1.82) is 0 Å². The summed E-state index contributed by atoms with van der Waals surface area (Å²) in [5.74, 6) is 0.755. The van der Waals surface area contributed by atoms with Crippen LogP contribution in [0.2, 0.25) is 0 Å². The molecule has 0 spiro atoms. The Morgan fingerprint density at radius 1 is 1.50 bits per heavy atom. The lowest BCUT2D eigenvalue weighted by atomic mass is 9.74. The van der Waals surface area contributed by atoms with E-state index in [0.717, 1.165) is 31.6 Å². The lowest BCUT2D eigenvalue weighted by molar-refractivity contribution is -0.155. The highest BCUT2D eigenvalue weighted by molar-refractivity contribution is 5.77. The van der Waals surface area contributed by atoms with Crippen LogP contribution in [0.25, 0.3) is 0 Å². The molecule has 0 radical (unpaired) electrons. The molecule has 0 aromatic rings. The molecule has 18 heavy (non-hydrogen) atoms. The van der Waals surface area contributed by atoms with Gasteiger partial charge in [-0.3, -0.25) is 4.79 Å². The molecule has 1 rings (SSSR count). The lowest BCUT2D eigenvalue weighted by Gasteiger charge is -2.31. The van der Waals surface area contributed by atoms with Gasteiger partial charge in [-0.2, -0.15) is 0 Å². The van der Waals surface area contributed by atoms with Gasteiger partial charge in [-0.15, -0.1) is 0 Å². The van der Waals surface area contributed by atoms with E-state index in [4.69, 9.17) is 4.74 Å². The van der Waals surface area contributed by atoms with Crippen molar-refractivity contribution in [2.75, 3.05) is 6.61 Å². The first-order chi connectivity index (χ1) is 8.48. The minimum absolute atomic E-state index is 0.0144. The Morgan fingerprint density at radius 3 is 2.83 bits per heavy atom. The molecule has 2 nitrogen and oxygen atoms in total. The topological polar surface area (TPSA) is 26.3 Å². The molecule has 1 aliphatic rings. The predicted molar refractivity (Wildman–Crippen MR) is 75.4 cm³/mol. The second kappa shape index (κ2) is 6.96. The molecular weight excluding hydrogens is 224 g/mol. The van der Waals surface area contributed by atoms with Gasteiger partial charge in [-0.25, -0.2) is 0 Å². The van der Waals surface area contributed by atoms with Crippen LogP contribution in [0.4, 0.5) is 0 Å². The summed E-state index contributed by atoms with van der Waals surface area (Å²) >= 11 is 0. The highest BCUT2D eigenvalue weighted by Crippen LogP contribution is 2.38. The number of allylic oxidation sites excluding steroid dienone is 2. The van der Waals surface area contributed by atoms with Crippen molar-refractivity contribution in [3.8, 4) is 0 Å². The molecule has 0 N–H and O–H groups in total. The second-order valence-corrected chi connectivity index (χ2v) is 6.15. The van der Waals surface area contributed by atoms with E-state index in [-0.39, 0.29) is 11.4 Å². The zero-order chi connectivity index (χ0) is 13.6. The van der Waals surface area contributed by atoms with Gasteiger partial charge in [0.25, 0.3) is 0 Å². The van der Waals surface area contributed by atoms with Gasteiger partial charge >= 0.3 is 5.97 Å². The largest absolute Gasteiger partial charge is 0.466 e. The van der Waals surface area contributed by atoms with Crippen LogP contribution < -0.4 is 0 Å². The molecule has 1 aliphatic carbocycles. The van der Waals surface area contributed by atoms with Gasteiger partial charge in [0.05, 0.1) is 12.0 Å². The van der Waals surface area contributed by atoms with Gasteiger partial charge in [0.2, 0.25) is 0 Å². The first kappa shape index (κ1) is 15.3. The van der Waals surface area contributed by atoms with Crippen LogP contribution in [0.5, 0.6) is 0 Å². The number of hydrogen-bond acceptors (Lipinski definition) is 2. The monoisotopic (exact) mass is 252 g/mol. The molecule has 2 heteroatoms. The smallest absolute Gasteiger partial charge is 0.312 e. The van der Waals surface area contributed by atoms with Crippen molar-refractivity contribution < 1.29 is 9.53 Å². The van der Waals surface area contributed by atoms with E-state index in [1.165, 1.54) is 18.4 Å². The van der Waals surface area contributed by atoms with Crippen molar-refractivity contribution in [1.82, 2.24) is 0 Å². The molecule has 0 saturated heterocycles. The van der Waals surface area contributed by atoms with E-state index in [9.17, 15) is 4.79 Å². The molecular formula is C16H28O2. The van der Waals surface area contributed by atoms with Gasteiger partial charge in [0.15, 0.2) is 0 Å². The standard InChI is InChI=1S/C16H28O2/c1-5-18-15(17)16(4)11-7-10-14(12-16)9-6-8-13(2)3/h10,13H,5-9,11-12H2,1-4H3. The maximum atomic E-state index is 12.0. The van der Waals surface area contributed by atoms with E-state index in [2.05, 4.69) is 26.8 Å².